The fraction of sp³-hybridized carbons (Fsp3) is 0.778. The number of nitrogens with zero attached hydrogens (tertiary/aromatic N) is 1. The van der Waals surface area contributed by atoms with Gasteiger partial charge in [-0.15, -0.1) is 0 Å². The second kappa shape index (κ2) is 7.30. The molecule has 0 aromatic rings. The van der Waals surface area contributed by atoms with Gasteiger partial charge < -0.3 is 10.2 Å². The third-order valence-corrected chi connectivity index (χ3v) is 5.24. The van der Waals surface area contributed by atoms with E-state index in [0.717, 1.165) is 45.3 Å². The number of nitrogens with one attached hydrogen (secondary N) is 1. The zero-order chi connectivity index (χ0) is 15.4. The van der Waals surface area contributed by atoms with E-state index >= 15 is 0 Å². The summed E-state index contributed by atoms with van der Waals surface area (Å²) in [5.41, 5.74) is 1.49. The van der Waals surface area contributed by atoms with Crippen LogP contribution in [0.4, 0.5) is 0 Å². The van der Waals surface area contributed by atoms with Crippen molar-refractivity contribution in [3.63, 3.8) is 0 Å². The van der Waals surface area contributed by atoms with Crippen LogP contribution >= 0.6 is 0 Å². The molecule has 122 valence electrons. The number of allylic oxidation sites excluding steroid dienone is 1. The molecule has 1 aliphatic heterocycles. The molecule has 0 aromatic heterocycles. The molecule has 2 unspecified atom stereocenters. The molecule has 2 amide bonds. The molecule has 2 atom stereocenters. The van der Waals surface area contributed by atoms with Gasteiger partial charge in [-0.1, -0.05) is 11.6 Å². The van der Waals surface area contributed by atoms with Gasteiger partial charge in [0.1, 0.15) is 0 Å². The molecule has 0 radical (unpaired) electrons. The van der Waals surface area contributed by atoms with E-state index in [0.29, 0.717) is 0 Å². The van der Waals surface area contributed by atoms with Gasteiger partial charge in [0.2, 0.25) is 11.8 Å². The Kier molecular flexibility index (Phi) is 5.16. The van der Waals surface area contributed by atoms with Crippen molar-refractivity contribution in [1.29, 1.82) is 0 Å². The van der Waals surface area contributed by atoms with Crippen LogP contribution < -0.4 is 5.32 Å². The molecule has 0 bridgehead atoms. The largest absolute Gasteiger partial charge is 0.356 e. The van der Waals surface area contributed by atoms with Crippen LogP contribution in [-0.2, 0) is 9.59 Å². The normalized spacial score (nSPS) is 28.0. The van der Waals surface area contributed by atoms with Gasteiger partial charge in [0.25, 0.3) is 0 Å². The van der Waals surface area contributed by atoms with Gasteiger partial charge in [-0.05, 0) is 57.8 Å². The van der Waals surface area contributed by atoms with Crippen molar-refractivity contribution >= 4 is 11.8 Å². The number of piperidine rings is 1. The summed E-state index contributed by atoms with van der Waals surface area (Å²) in [4.78, 5) is 26.4. The quantitative estimate of drug-likeness (QED) is 0.794. The lowest BCUT2D eigenvalue weighted by atomic mass is 9.97. The Balaban J connectivity index is 1.37. The van der Waals surface area contributed by atoms with Crippen molar-refractivity contribution in [2.45, 2.75) is 57.8 Å². The van der Waals surface area contributed by atoms with Crippen LogP contribution in [0.15, 0.2) is 11.6 Å². The Hall–Kier alpha value is -1.32. The van der Waals surface area contributed by atoms with Gasteiger partial charge in [0.15, 0.2) is 0 Å². The molecule has 3 rings (SSSR count). The van der Waals surface area contributed by atoms with E-state index in [4.69, 9.17) is 0 Å². The molecule has 0 aromatic carbocycles. The van der Waals surface area contributed by atoms with Crippen molar-refractivity contribution in [3.05, 3.63) is 11.6 Å². The second-order valence-corrected chi connectivity index (χ2v) is 6.98. The number of hydrogen-bond acceptors (Lipinski definition) is 2. The van der Waals surface area contributed by atoms with E-state index < -0.39 is 0 Å². The molecular formula is C18H28N2O2. The summed E-state index contributed by atoms with van der Waals surface area (Å²) < 4.78 is 0. The minimum absolute atomic E-state index is 0.0352. The van der Waals surface area contributed by atoms with Gasteiger partial charge in [-0.25, -0.2) is 0 Å². The maximum atomic E-state index is 12.3. The number of likely N-dealkylation sites (tertiary alicyclic amines) is 1. The Morgan fingerprint density at radius 3 is 2.64 bits per heavy atom. The topological polar surface area (TPSA) is 49.4 Å². The van der Waals surface area contributed by atoms with Crippen LogP contribution in [0.5, 0.6) is 0 Å². The van der Waals surface area contributed by atoms with Crippen LogP contribution in [0.1, 0.15) is 57.8 Å². The fourth-order valence-corrected chi connectivity index (χ4v) is 3.72. The minimum Gasteiger partial charge on any atom is -0.356 e. The molecule has 4 heteroatoms. The van der Waals surface area contributed by atoms with E-state index in [-0.39, 0.29) is 23.7 Å². The summed E-state index contributed by atoms with van der Waals surface area (Å²) in [6.45, 7) is 2.50. The van der Waals surface area contributed by atoms with E-state index in [1.807, 2.05) is 4.90 Å². The first-order valence-electron chi connectivity index (χ1n) is 9.00. The van der Waals surface area contributed by atoms with Gasteiger partial charge in [-0.3, -0.25) is 9.59 Å². The number of carbonyl (C=O) groups excluding carboxylic acids is 2. The molecule has 3 aliphatic rings. The van der Waals surface area contributed by atoms with Crippen molar-refractivity contribution in [1.82, 2.24) is 10.2 Å². The maximum absolute atomic E-state index is 12.3. The highest BCUT2D eigenvalue weighted by Gasteiger charge is 2.49. The number of carbonyl (C=O) groups is 2. The summed E-state index contributed by atoms with van der Waals surface area (Å²) in [7, 11) is 0. The number of amides is 2. The Morgan fingerprint density at radius 1 is 1.09 bits per heavy atom. The van der Waals surface area contributed by atoms with E-state index in [1.54, 1.807) is 0 Å². The van der Waals surface area contributed by atoms with Crippen molar-refractivity contribution in [2.75, 3.05) is 19.6 Å². The van der Waals surface area contributed by atoms with Crippen molar-refractivity contribution in [3.8, 4) is 0 Å². The third-order valence-electron chi connectivity index (χ3n) is 5.24. The number of rotatable bonds is 5. The van der Waals surface area contributed by atoms with E-state index in [1.165, 1.54) is 37.7 Å². The van der Waals surface area contributed by atoms with Crippen molar-refractivity contribution < 1.29 is 9.59 Å². The van der Waals surface area contributed by atoms with Gasteiger partial charge in [0, 0.05) is 19.6 Å². The summed E-state index contributed by atoms with van der Waals surface area (Å²) in [5, 5.41) is 3.03. The predicted octanol–water partition coefficient (Wildman–Crippen LogP) is 2.64. The number of hydrogen-bond donors (Lipinski definition) is 1. The Morgan fingerprint density at radius 2 is 1.91 bits per heavy atom. The second-order valence-electron chi connectivity index (χ2n) is 6.98. The average molecular weight is 304 g/mol. The molecule has 22 heavy (non-hydrogen) atoms. The monoisotopic (exact) mass is 304 g/mol. The van der Waals surface area contributed by atoms with Gasteiger partial charge in [0.05, 0.1) is 11.8 Å². The van der Waals surface area contributed by atoms with E-state index in [9.17, 15) is 9.59 Å². The first-order chi connectivity index (χ1) is 10.8. The predicted molar refractivity (Wildman–Crippen MR) is 86.2 cm³/mol. The molecule has 0 spiro atoms. The SMILES string of the molecule is O=C(NCCC1=CCCCC1)C1CC1C(=O)N1CCCCC1. The molecule has 4 nitrogen and oxygen atoms in total. The highest BCUT2D eigenvalue weighted by molar-refractivity contribution is 5.92. The lowest BCUT2D eigenvalue weighted by molar-refractivity contribution is -0.135. The summed E-state index contributed by atoms with van der Waals surface area (Å²) in [5.74, 6) is 0.211. The van der Waals surface area contributed by atoms with E-state index in [2.05, 4.69) is 11.4 Å². The fourth-order valence-electron chi connectivity index (χ4n) is 3.72. The Bertz CT molecular complexity index is 452. The molecule has 1 heterocycles. The van der Waals surface area contributed by atoms with Crippen LogP contribution in [0.3, 0.4) is 0 Å². The highest BCUT2D eigenvalue weighted by Crippen LogP contribution is 2.40. The lowest BCUT2D eigenvalue weighted by Crippen LogP contribution is -2.38. The van der Waals surface area contributed by atoms with Crippen LogP contribution in [0.2, 0.25) is 0 Å². The molecular weight excluding hydrogens is 276 g/mol. The van der Waals surface area contributed by atoms with Crippen LogP contribution in [-0.4, -0.2) is 36.3 Å². The first kappa shape index (κ1) is 15.6. The standard InChI is InChI=1S/C18H28N2O2/c21-17(19-10-9-14-7-3-1-4-8-14)15-13-16(15)18(22)20-11-5-2-6-12-20/h7,15-16H,1-6,8-13H2,(H,19,21). The molecule has 1 N–H and O–H groups in total. The van der Waals surface area contributed by atoms with Crippen LogP contribution in [0.25, 0.3) is 0 Å². The van der Waals surface area contributed by atoms with Gasteiger partial charge >= 0.3 is 0 Å². The Labute approximate surface area is 133 Å². The van der Waals surface area contributed by atoms with Crippen LogP contribution in [0, 0.1) is 11.8 Å². The van der Waals surface area contributed by atoms with Crippen molar-refractivity contribution in [2.24, 2.45) is 11.8 Å². The lowest BCUT2D eigenvalue weighted by Gasteiger charge is -2.26. The minimum atomic E-state index is -0.0604. The highest BCUT2D eigenvalue weighted by atomic mass is 16.2. The molecule has 2 aliphatic carbocycles. The summed E-state index contributed by atoms with van der Waals surface area (Å²) in [6.07, 6.45) is 12.5. The molecule has 1 saturated carbocycles. The zero-order valence-corrected chi connectivity index (χ0v) is 13.5. The zero-order valence-electron chi connectivity index (χ0n) is 13.5. The third kappa shape index (κ3) is 3.90. The average Bonchev–Trinajstić information content (AvgIpc) is 3.37. The first-order valence-corrected chi connectivity index (χ1v) is 9.00. The summed E-state index contributed by atoms with van der Waals surface area (Å²) in [6, 6.07) is 0. The molecule has 1 saturated heterocycles. The summed E-state index contributed by atoms with van der Waals surface area (Å²) >= 11 is 0. The molecule has 2 fully saturated rings. The smallest absolute Gasteiger partial charge is 0.226 e. The maximum Gasteiger partial charge on any atom is 0.226 e. The van der Waals surface area contributed by atoms with Gasteiger partial charge in [-0.2, -0.15) is 0 Å².